The Hall–Kier alpha value is -1.60. The lowest BCUT2D eigenvalue weighted by molar-refractivity contribution is 0.164. The number of hydrogen-bond acceptors (Lipinski definition) is 4. The normalized spacial score (nSPS) is 16.8. The molecule has 152 valence electrons. The Bertz CT molecular complexity index is 706. The van der Waals surface area contributed by atoms with Crippen molar-refractivity contribution < 1.29 is 8.42 Å². The van der Waals surface area contributed by atoms with E-state index < -0.39 is 9.84 Å². The summed E-state index contributed by atoms with van der Waals surface area (Å²) in [5, 5.41) is 3.40. The van der Waals surface area contributed by atoms with Crippen LogP contribution < -0.4 is 5.32 Å². The SMILES string of the molecule is CCNC(=NCCc1ccc(S(C)(=O)=O)cc1)N1CCN(CC(C)C)CC1. The molecule has 1 N–H and O–H groups in total. The van der Waals surface area contributed by atoms with Crippen LogP contribution in [0.15, 0.2) is 34.2 Å². The fourth-order valence-electron chi connectivity index (χ4n) is 3.28. The van der Waals surface area contributed by atoms with E-state index in [1.807, 2.05) is 12.1 Å². The molecule has 0 atom stereocenters. The summed E-state index contributed by atoms with van der Waals surface area (Å²) in [4.78, 5) is 10.0. The highest BCUT2D eigenvalue weighted by Gasteiger charge is 2.19. The molecule has 0 spiro atoms. The number of guanidine groups is 1. The Morgan fingerprint density at radius 2 is 1.78 bits per heavy atom. The van der Waals surface area contributed by atoms with Crippen LogP contribution in [0.1, 0.15) is 26.3 Å². The van der Waals surface area contributed by atoms with Crippen molar-refractivity contribution in [3.05, 3.63) is 29.8 Å². The van der Waals surface area contributed by atoms with Crippen LogP contribution >= 0.6 is 0 Å². The van der Waals surface area contributed by atoms with Gasteiger partial charge >= 0.3 is 0 Å². The number of piperazine rings is 1. The molecule has 1 aliphatic heterocycles. The summed E-state index contributed by atoms with van der Waals surface area (Å²) in [6.45, 7) is 13.5. The summed E-state index contributed by atoms with van der Waals surface area (Å²) in [6, 6.07) is 7.11. The first-order valence-corrected chi connectivity index (χ1v) is 11.7. The minimum absolute atomic E-state index is 0.363. The summed E-state index contributed by atoms with van der Waals surface area (Å²) in [6.07, 6.45) is 2.03. The van der Waals surface area contributed by atoms with E-state index in [9.17, 15) is 8.42 Å². The molecule has 1 aromatic carbocycles. The first-order valence-electron chi connectivity index (χ1n) is 9.84. The average Bonchev–Trinajstić information content (AvgIpc) is 2.61. The van der Waals surface area contributed by atoms with E-state index in [0.717, 1.165) is 57.2 Å². The van der Waals surface area contributed by atoms with Gasteiger partial charge in [0.25, 0.3) is 0 Å². The van der Waals surface area contributed by atoms with Gasteiger partial charge in [0, 0.05) is 52.1 Å². The number of rotatable bonds is 7. The Kier molecular flexibility index (Phi) is 8.10. The van der Waals surface area contributed by atoms with Crippen molar-refractivity contribution in [3.8, 4) is 0 Å². The molecule has 0 radical (unpaired) electrons. The maximum absolute atomic E-state index is 11.5. The Morgan fingerprint density at radius 3 is 2.30 bits per heavy atom. The molecule has 27 heavy (non-hydrogen) atoms. The highest BCUT2D eigenvalue weighted by atomic mass is 32.2. The molecule has 0 bridgehead atoms. The largest absolute Gasteiger partial charge is 0.357 e. The first kappa shape index (κ1) is 21.7. The minimum atomic E-state index is -3.14. The van der Waals surface area contributed by atoms with E-state index in [-0.39, 0.29) is 0 Å². The van der Waals surface area contributed by atoms with Gasteiger partial charge in [0.05, 0.1) is 4.90 Å². The van der Waals surface area contributed by atoms with Gasteiger partial charge in [-0.1, -0.05) is 26.0 Å². The molecule has 0 aliphatic carbocycles. The number of nitrogens with zero attached hydrogens (tertiary/aromatic N) is 3. The second kappa shape index (κ2) is 10.1. The molecule has 2 rings (SSSR count). The highest BCUT2D eigenvalue weighted by Crippen LogP contribution is 2.11. The van der Waals surface area contributed by atoms with Gasteiger partial charge in [0.2, 0.25) is 0 Å². The summed E-state index contributed by atoms with van der Waals surface area (Å²) >= 11 is 0. The molecule has 1 aromatic rings. The second-order valence-electron chi connectivity index (χ2n) is 7.58. The Morgan fingerprint density at radius 1 is 1.15 bits per heavy atom. The third kappa shape index (κ3) is 7.14. The van der Waals surface area contributed by atoms with Gasteiger partial charge in [-0.25, -0.2) is 8.42 Å². The van der Waals surface area contributed by atoms with Crippen LogP contribution in [0.4, 0.5) is 0 Å². The van der Waals surface area contributed by atoms with Gasteiger partial charge in [-0.05, 0) is 37.0 Å². The lowest BCUT2D eigenvalue weighted by Gasteiger charge is -2.37. The molecule has 7 heteroatoms. The minimum Gasteiger partial charge on any atom is -0.357 e. The predicted octanol–water partition coefficient (Wildman–Crippen LogP) is 1.87. The smallest absolute Gasteiger partial charge is 0.194 e. The lowest BCUT2D eigenvalue weighted by Crippen LogP contribution is -2.53. The molecular formula is C20H34N4O2S. The molecule has 1 saturated heterocycles. The monoisotopic (exact) mass is 394 g/mol. The van der Waals surface area contributed by atoms with Gasteiger partial charge in [-0.2, -0.15) is 0 Å². The zero-order chi connectivity index (χ0) is 19.9. The fourth-order valence-corrected chi connectivity index (χ4v) is 3.91. The van der Waals surface area contributed by atoms with Crippen molar-refractivity contribution >= 4 is 15.8 Å². The topological polar surface area (TPSA) is 65.0 Å². The third-order valence-corrected chi connectivity index (χ3v) is 5.77. The number of benzene rings is 1. The summed E-state index contributed by atoms with van der Waals surface area (Å²) in [5.41, 5.74) is 1.10. The van der Waals surface area contributed by atoms with E-state index in [4.69, 9.17) is 4.99 Å². The summed E-state index contributed by atoms with van der Waals surface area (Å²) < 4.78 is 23.1. The molecule has 0 saturated carbocycles. The van der Waals surface area contributed by atoms with E-state index in [2.05, 4.69) is 35.9 Å². The van der Waals surface area contributed by atoms with E-state index in [0.29, 0.717) is 17.4 Å². The molecule has 1 heterocycles. The summed E-state index contributed by atoms with van der Waals surface area (Å²) in [7, 11) is -3.14. The first-order chi connectivity index (χ1) is 12.8. The second-order valence-corrected chi connectivity index (χ2v) is 9.60. The molecule has 0 amide bonds. The molecule has 6 nitrogen and oxygen atoms in total. The third-order valence-electron chi connectivity index (χ3n) is 4.64. The Labute approximate surface area is 164 Å². The molecular weight excluding hydrogens is 360 g/mol. The van der Waals surface area contributed by atoms with Gasteiger partial charge < -0.3 is 10.2 Å². The van der Waals surface area contributed by atoms with Gasteiger partial charge in [-0.15, -0.1) is 0 Å². The standard InChI is InChI=1S/C20H34N4O2S/c1-5-21-20(24-14-12-23(13-15-24)16-17(2)3)22-11-10-18-6-8-19(9-7-18)27(4,25)26/h6-9,17H,5,10-16H2,1-4H3,(H,21,22). The molecule has 0 aromatic heterocycles. The molecule has 1 fully saturated rings. The summed E-state index contributed by atoms with van der Waals surface area (Å²) in [5.74, 6) is 1.68. The Balaban J connectivity index is 1.90. The quantitative estimate of drug-likeness (QED) is 0.565. The fraction of sp³-hybridized carbons (Fsp3) is 0.650. The van der Waals surface area contributed by atoms with Crippen molar-refractivity contribution in [2.75, 3.05) is 52.1 Å². The van der Waals surface area contributed by atoms with Crippen LogP contribution in [0.5, 0.6) is 0 Å². The number of aliphatic imine (C=N–C) groups is 1. The van der Waals surface area contributed by atoms with Crippen molar-refractivity contribution in [2.24, 2.45) is 10.9 Å². The lowest BCUT2D eigenvalue weighted by atomic mass is 10.1. The van der Waals surface area contributed by atoms with Crippen molar-refractivity contribution in [1.29, 1.82) is 0 Å². The number of nitrogens with one attached hydrogen (secondary N) is 1. The number of sulfone groups is 1. The molecule has 0 unspecified atom stereocenters. The zero-order valence-electron chi connectivity index (χ0n) is 17.1. The van der Waals surface area contributed by atoms with Crippen LogP contribution in [0.3, 0.4) is 0 Å². The van der Waals surface area contributed by atoms with Crippen LogP contribution in [-0.2, 0) is 16.3 Å². The zero-order valence-corrected chi connectivity index (χ0v) is 17.9. The van der Waals surface area contributed by atoms with Crippen molar-refractivity contribution in [2.45, 2.75) is 32.1 Å². The van der Waals surface area contributed by atoms with Crippen molar-refractivity contribution in [1.82, 2.24) is 15.1 Å². The van der Waals surface area contributed by atoms with E-state index in [1.165, 1.54) is 6.26 Å². The van der Waals surface area contributed by atoms with Crippen LogP contribution in [0, 0.1) is 5.92 Å². The van der Waals surface area contributed by atoms with Crippen molar-refractivity contribution in [3.63, 3.8) is 0 Å². The maximum Gasteiger partial charge on any atom is 0.194 e. The van der Waals surface area contributed by atoms with Crippen LogP contribution in [0.25, 0.3) is 0 Å². The molecule has 1 aliphatic rings. The average molecular weight is 395 g/mol. The van der Waals surface area contributed by atoms with E-state index >= 15 is 0 Å². The van der Waals surface area contributed by atoms with Gasteiger partial charge in [0.15, 0.2) is 15.8 Å². The van der Waals surface area contributed by atoms with Crippen LogP contribution in [-0.4, -0.2) is 76.2 Å². The highest BCUT2D eigenvalue weighted by molar-refractivity contribution is 7.90. The van der Waals surface area contributed by atoms with Gasteiger partial charge in [0.1, 0.15) is 0 Å². The number of hydrogen-bond donors (Lipinski definition) is 1. The predicted molar refractivity (Wildman–Crippen MR) is 112 cm³/mol. The maximum atomic E-state index is 11.5. The van der Waals surface area contributed by atoms with Gasteiger partial charge in [-0.3, -0.25) is 9.89 Å². The van der Waals surface area contributed by atoms with E-state index in [1.54, 1.807) is 12.1 Å². The van der Waals surface area contributed by atoms with Crippen LogP contribution in [0.2, 0.25) is 0 Å².